The first-order valence-corrected chi connectivity index (χ1v) is 7.37. The van der Waals surface area contributed by atoms with Crippen molar-refractivity contribution in [2.45, 2.75) is 44.9 Å². The van der Waals surface area contributed by atoms with Crippen LogP contribution in [-0.2, 0) is 9.59 Å². The number of carboxylic acids is 1. The van der Waals surface area contributed by atoms with Crippen LogP contribution in [0, 0.1) is 5.41 Å². The molecule has 1 fully saturated rings. The molecule has 0 atom stereocenters. The molecule has 0 bridgehead atoms. The number of carbonyl (C=O) groups excluding carboxylic acids is 1. The highest BCUT2D eigenvalue weighted by molar-refractivity contribution is 6.28. The Kier molecular flexibility index (Phi) is 5.12. The van der Waals surface area contributed by atoms with Crippen molar-refractivity contribution in [1.29, 1.82) is 0 Å². The number of amides is 1. The molecule has 0 spiro atoms. The molecule has 114 valence electrons. The van der Waals surface area contributed by atoms with Gasteiger partial charge in [-0.3, -0.25) is 9.59 Å². The summed E-state index contributed by atoms with van der Waals surface area (Å²) in [4.78, 5) is 30.9. The summed E-state index contributed by atoms with van der Waals surface area (Å²) in [5, 5.41) is 11.8. The van der Waals surface area contributed by atoms with Crippen LogP contribution in [0.4, 0.5) is 5.82 Å². The maximum Gasteiger partial charge on any atom is 0.303 e. The Morgan fingerprint density at radius 1 is 1.29 bits per heavy atom. The van der Waals surface area contributed by atoms with Crippen molar-refractivity contribution in [3.05, 3.63) is 17.5 Å². The summed E-state index contributed by atoms with van der Waals surface area (Å²) in [6.45, 7) is 0. The third-order valence-electron chi connectivity index (χ3n) is 3.87. The van der Waals surface area contributed by atoms with Crippen molar-refractivity contribution in [2.75, 3.05) is 5.32 Å². The SMILES string of the molecule is O=C(O)CC1(CC(=O)Nc2ccnc(Cl)n2)CCCCC1. The molecule has 7 heteroatoms. The summed E-state index contributed by atoms with van der Waals surface area (Å²) < 4.78 is 0. The van der Waals surface area contributed by atoms with Crippen LogP contribution >= 0.6 is 11.6 Å². The summed E-state index contributed by atoms with van der Waals surface area (Å²) in [5.41, 5.74) is -0.439. The smallest absolute Gasteiger partial charge is 0.303 e. The number of halogens is 1. The molecule has 0 aromatic carbocycles. The standard InChI is InChI=1S/C14H18ClN3O3/c15-13-16-7-4-10(18-13)17-11(19)8-14(9-12(20)21)5-2-1-3-6-14/h4,7H,1-3,5-6,8-9H2,(H,20,21)(H,16,17,18,19). The molecule has 1 amide bonds. The number of carboxylic acid groups (broad SMARTS) is 1. The van der Waals surface area contributed by atoms with Crippen LogP contribution in [0.1, 0.15) is 44.9 Å². The number of carbonyl (C=O) groups is 2. The van der Waals surface area contributed by atoms with E-state index in [2.05, 4.69) is 15.3 Å². The monoisotopic (exact) mass is 311 g/mol. The average Bonchev–Trinajstić information content (AvgIpc) is 2.38. The molecule has 0 radical (unpaired) electrons. The first-order chi connectivity index (χ1) is 9.99. The Bertz CT molecular complexity index is 530. The summed E-state index contributed by atoms with van der Waals surface area (Å²) in [6, 6.07) is 1.55. The zero-order valence-corrected chi connectivity index (χ0v) is 12.4. The maximum absolute atomic E-state index is 12.2. The number of aliphatic carboxylic acids is 1. The maximum atomic E-state index is 12.2. The number of anilines is 1. The van der Waals surface area contributed by atoms with Gasteiger partial charge in [0.2, 0.25) is 11.2 Å². The molecule has 1 heterocycles. The molecule has 1 aliphatic rings. The molecular weight excluding hydrogens is 294 g/mol. The lowest BCUT2D eigenvalue weighted by Gasteiger charge is -2.35. The molecule has 2 N–H and O–H groups in total. The van der Waals surface area contributed by atoms with E-state index in [1.54, 1.807) is 6.07 Å². The minimum atomic E-state index is -0.852. The van der Waals surface area contributed by atoms with Crippen molar-refractivity contribution in [2.24, 2.45) is 5.41 Å². The fourth-order valence-corrected chi connectivity index (χ4v) is 3.12. The van der Waals surface area contributed by atoms with Crippen LogP contribution in [-0.4, -0.2) is 27.0 Å². The van der Waals surface area contributed by atoms with E-state index in [1.165, 1.54) is 6.20 Å². The molecule has 1 aromatic rings. The minimum Gasteiger partial charge on any atom is -0.481 e. The lowest BCUT2D eigenvalue weighted by molar-refractivity contribution is -0.140. The second-order valence-corrected chi connectivity index (χ2v) is 5.91. The van der Waals surface area contributed by atoms with E-state index in [9.17, 15) is 9.59 Å². The van der Waals surface area contributed by atoms with Gasteiger partial charge in [-0.1, -0.05) is 19.3 Å². The third-order valence-corrected chi connectivity index (χ3v) is 4.05. The molecule has 6 nitrogen and oxygen atoms in total. The van der Waals surface area contributed by atoms with Crippen LogP contribution in [0.2, 0.25) is 5.28 Å². The Hall–Kier alpha value is -1.69. The quantitative estimate of drug-likeness (QED) is 0.816. The van der Waals surface area contributed by atoms with Gasteiger partial charge in [0.1, 0.15) is 5.82 Å². The van der Waals surface area contributed by atoms with Gasteiger partial charge in [-0.05, 0) is 35.9 Å². The minimum absolute atomic E-state index is 0.0327. The van der Waals surface area contributed by atoms with Crippen molar-refractivity contribution in [1.82, 2.24) is 9.97 Å². The highest BCUT2D eigenvalue weighted by Gasteiger charge is 2.36. The summed E-state index contributed by atoms with van der Waals surface area (Å²) >= 11 is 5.67. The second-order valence-electron chi connectivity index (χ2n) is 5.57. The molecule has 0 unspecified atom stereocenters. The Morgan fingerprint density at radius 2 is 2.00 bits per heavy atom. The summed E-state index contributed by atoms with van der Waals surface area (Å²) in [6.07, 6.45) is 6.28. The molecule has 21 heavy (non-hydrogen) atoms. The van der Waals surface area contributed by atoms with Crippen LogP contribution in [0.15, 0.2) is 12.3 Å². The van der Waals surface area contributed by atoms with Crippen LogP contribution in [0.25, 0.3) is 0 Å². The molecule has 1 aliphatic carbocycles. The van der Waals surface area contributed by atoms with Crippen LogP contribution in [0.5, 0.6) is 0 Å². The van der Waals surface area contributed by atoms with E-state index >= 15 is 0 Å². The number of nitrogens with zero attached hydrogens (tertiary/aromatic N) is 2. The van der Waals surface area contributed by atoms with E-state index < -0.39 is 11.4 Å². The average molecular weight is 312 g/mol. The molecule has 0 aliphatic heterocycles. The number of aromatic nitrogens is 2. The van der Waals surface area contributed by atoms with Gasteiger partial charge in [0.15, 0.2) is 0 Å². The van der Waals surface area contributed by atoms with Gasteiger partial charge >= 0.3 is 5.97 Å². The number of nitrogens with one attached hydrogen (secondary N) is 1. The molecule has 1 aromatic heterocycles. The molecule has 2 rings (SSSR count). The van der Waals surface area contributed by atoms with Gasteiger partial charge in [-0.15, -0.1) is 0 Å². The number of hydrogen-bond acceptors (Lipinski definition) is 4. The van der Waals surface area contributed by atoms with E-state index in [0.29, 0.717) is 5.82 Å². The van der Waals surface area contributed by atoms with Gasteiger partial charge in [0.25, 0.3) is 0 Å². The zero-order chi connectivity index (χ0) is 15.3. The second kappa shape index (κ2) is 6.85. The van der Waals surface area contributed by atoms with Crippen LogP contribution < -0.4 is 5.32 Å². The van der Waals surface area contributed by atoms with Crippen molar-refractivity contribution < 1.29 is 14.7 Å². The lowest BCUT2D eigenvalue weighted by Crippen LogP contribution is -2.32. The largest absolute Gasteiger partial charge is 0.481 e. The van der Waals surface area contributed by atoms with Crippen molar-refractivity contribution in [3.8, 4) is 0 Å². The predicted octanol–water partition coefficient (Wildman–Crippen LogP) is 2.88. The Labute approximate surface area is 127 Å². The van der Waals surface area contributed by atoms with Crippen LogP contribution in [0.3, 0.4) is 0 Å². The van der Waals surface area contributed by atoms with Gasteiger partial charge < -0.3 is 10.4 Å². The normalized spacial score (nSPS) is 17.2. The third kappa shape index (κ3) is 4.67. The molecule has 1 saturated carbocycles. The topological polar surface area (TPSA) is 92.2 Å². The summed E-state index contributed by atoms with van der Waals surface area (Å²) in [5.74, 6) is -0.746. The first kappa shape index (κ1) is 15.7. The fourth-order valence-electron chi connectivity index (χ4n) is 2.97. The van der Waals surface area contributed by atoms with Crippen molar-refractivity contribution >= 4 is 29.3 Å². The molecular formula is C14H18ClN3O3. The van der Waals surface area contributed by atoms with E-state index in [-0.39, 0.29) is 24.0 Å². The van der Waals surface area contributed by atoms with Gasteiger partial charge in [0, 0.05) is 12.6 Å². The number of rotatable bonds is 5. The number of hydrogen-bond donors (Lipinski definition) is 2. The van der Waals surface area contributed by atoms with E-state index in [1.807, 2.05) is 0 Å². The Morgan fingerprint density at radius 3 is 2.62 bits per heavy atom. The first-order valence-electron chi connectivity index (χ1n) is 6.99. The molecule has 0 saturated heterocycles. The Balaban J connectivity index is 2.02. The van der Waals surface area contributed by atoms with Gasteiger partial charge in [0.05, 0.1) is 6.42 Å². The van der Waals surface area contributed by atoms with Crippen molar-refractivity contribution in [3.63, 3.8) is 0 Å². The van der Waals surface area contributed by atoms with Gasteiger partial charge in [-0.25, -0.2) is 9.97 Å². The summed E-state index contributed by atoms with van der Waals surface area (Å²) in [7, 11) is 0. The predicted molar refractivity (Wildman–Crippen MR) is 78.1 cm³/mol. The highest BCUT2D eigenvalue weighted by Crippen LogP contribution is 2.42. The lowest BCUT2D eigenvalue weighted by atomic mass is 9.69. The highest BCUT2D eigenvalue weighted by atomic mass is 35.5. The van der Waals surface area contributed by atoms with Gasteiger partial charge in [-0.2, -0.15) is 0 Å². The zero-order valence-electron chi connectivity index (χ0n) is 11.6. The fraction of sp³-hybridized carbons (Fsp3) is 0.571. The van der Waals surface area contributed by atoms with E-state index in [4.69, 9.17) is 16.7 Å². The van der Waals surface area contributed by atoms with E-state index in [0.717, 1.165) is 32.1 Å².